The van der Waals surface area contributed by atoms with Crippen LogP contribution in [0.5, 0.6) is 0 Å². The van der Waals surface area contributed by atoms with E-state index in [0.717, 1.165) is 56.3 Å². The Labute approximate surface area is 160 Å². The fraction of sp³-hybridized carbons (Fsp3) is 0.273. The lowest BCUT2D eigenvalue weighted by molar-refractivity contribution is 0.122. The van der Waals surface area contributed by atoms with Crippen LogP contribution < -0.4 is 10.2 Å². The molecular formula is C22H24N4O. The average Bonchev–Trinajstić information content (AvgIpc) is 2.76. The zero-order valence-corrected chi connectivity index (χ0v) is 15.3. The molecule has 3 aromatic rings. The first kappa shape index (κ1) is 17.5. The average molecular weight is 360 g/mol. The summed E-state index contributed by atoms with van der Waals surface area (Å²) in [5.74, 6) is 1.63. The van der Waals surface area contributed by atoms with E-state index in [2.05, 4.69) is 52.7 Å². The van der Waals surface area contributed by atoms with Crippen LogP contribution >= 0.6 is 0 Å². The van der Waals surface area contributed by atoms with Crippen LogP contribution in [-0.2, 0) is 11.2 Å². The van der Waals surface area contributed by atoms with E-state index in [4.69, 9.17) is 14.7 Å². The van der Waals surface area contributed by atoms with Crippen molar-refractivity contribution in [3.8, 4) is 11.3 Å². The molecule has 0 saturated carbocycles. The summed E-state index contributed by atoms with van der Waals surface area (Å²) in [5, 5.41) is 3.40. The van der Waals surface area contributed by atoms with Crippen LogP contribution in [0.15, 0.2) is 66.7 Å². The van der Waals surface area contributed by atoms with Gasteiger partial charge in [-0.05, 0) is 12.0 Å². The van der Waals surface area contributed by atoms with Gasteiger partial charge < -0.3 is 15.0 Å². The maximum Gasteiger partial charge on any atom is 0.225 e. The molecule has 0 spiro atoms. The van der Waals surface area contributed by atoms with Crippen molar-refractivity contribution >= 4 is 11.8 Å². The molecule has 1 aromatic heterocycles. The number of hydrogen-bond donors (Lipinski definition) is 1. The Morgan fingerprint density at radius 1 is 0.889 bits per heavy atom. The summed E-state index contributed by atoms with van der Waals surface area (Å²) in [7, 11) is 0. The van der Waals surface area contributed by atoms with E-state index >= 15 is 0 Å². The van der Waals surface area contributed by atoms with Crippen LogP contribution in [0.25, 0.3) is 11.3 Å². The van der Waals surface area contributed by atoms with Gasteiger partial charge in [-0.2, -0.15) is 4.98 Å². The quantitative estimate of drug-likeness (QED) is 0.727. The van der Waals surface area contributed by atoms with Crippen LogP contribution in [0, 0.1) is 0 Å². The zero-order chi connectivity index (χ0) is 18.3. The lowest BCUT2D eigenvalue weighted by atomic mass is 10.1. The van der Waals surface area contributed by atoms with Gasteiger partial charge in [-0.15, -0.1) is 0 Å². The van der Waals surface area contributed by atoms with Crippen LogP contribution in [0.2, 0.25) is 0 Å². The highest BCUT2D eigenvalue weighted by atomic mass is 16.5. The normalized spacial score (nSPS) is 14.1. The summed E-state index contributed by atoms with van der Waals surface area (Å²) in [6, 6.07) is 22.8. The minimum Gasteiger partial charge on any atom is -0.378 e. The lowest BCUT2D eigenvalue weighted by Crippen LogP contribution is -2.37. The predicted molar refractivity (Wildman–Crippen MR) is 109 cm³/mol. The third kappa shape index (κ3) is 4.63. The van der Waals surface area contributed by atoms with Gasteiger partial charge in [0.05, 0.1) is 18.9 Å². The molecule has 1 aliphatic rings. The van der Waals surface area contributed by atoms with Gasteiger partial charge in [0.25, 0.3) is 0 Å². The molecule has 4 rings (SSSR count). The third-order valence-corrected chi connectivity index (χ3v) is 4.66. The van der Waals surface area contributed by atoms with Gasteiger partial charge in [0, 0.05) is 31.3 Å². The molecule has 0 bridgehead atoms. The fourth-order valence-electron chi connectivity index (χ4n) is 3.19. The van der Waals surface area contributed by atoms with E-state index in [-0.39, 0.29) is 0 Å². The monoisotopic (exact) mass is 360 g/mol. The smallest absolute Gasteiger partial charge is 0.225 e. The maximum absolute atomic E-state index is 5.48. The number of anilines is 2. The number of hydrogen-bond acceptors (Lipinski definition) is 5. The Hall–Kier alpha value is -2.92. The molecule has 1 saturated heterocycles. The number of ether oxygens (including phenoxy) is 1. The molecule has 0 atom stereocenters. The lowest BCUT2D eigenvalue weighted by Gasteiger charge is -2.28. The van der Waals surface area contributed by atoms with Crippen molar-refractivity contribution in [1.29, 1.82) is 0 Å². The first-order chi connectivity index (χ1) is 13.4. The first-order valence-corrected chi connectivity index (χ1v) is 9.43. The predicted octanol–water partition coefficient (Wildman–Crippen LogP) is 3.63. The molecule has 5 nitrogen and oxygen atoms in total. The van der Waals surface area contributed by atoms with Gasteiger partial charge >= 0.3 is 0 Å². The van der Waals surface area contributed by atoms with E-state index in [9.17, 15) is 0 Å². The SMILES string of the molecule is c1ccc(CCNc2nc(-c3ccccc3)cc(N3CCOCC3)n2)cc1. The van der Waals surface area contributed by atoms with Crippen molar-refractivity contribution in [3.63, 3.8) is 0 Å². The molecule has 2 heterocycles. The zero-order valence-electron chi connectivity index (χ0n) is 15.3. The van der Waals surface area contributed by atoms with Gasteiger partial charge in [-0.3, -0.25) is 0 Å². The van der Waals surface area contributed by atoms with Crippen molar-refractivity contribution < 1.29 is 4.74 Å². The number of aromatic nitrogens is 2. The van der Waals surface area contributed by atoms with Crippen molar-refractivity contribution in [1.82, 2.24) is 9.97 Å². The Kier molecular flexibility index (Phi) is 5.60. The molecule has 1 N–H and O–H groups in total. The van der Waals surface area contributed by atoms with Crippen LogP contribution in [-0.4, -0.2) is 42.8 Å². The Bertz CT molecular complexity index is 849. The van der Waals surface area contributed by atoms with E-state index in [1.807, 2.05) is 24.3 Å². The minimum absolute atomic E-state index is 0.675. The van der Waals surface area contributed by atoms with Crippen LogP contribution in [0.4, 0.5) is 11.8 Å². The van der Waals surface area contributed by atoms with Crippen molar-refractivity contribution in [2.45, 2.75) is 6.42 Å². The topological polar surface area (TPSA) is 50.3 Å². The molecule has 0 amide bonds. The summed E-state index contributed by atoms with van der Waals surface area (Å²) in [5.41, 5.74) is 3.34. The minimum atomic E-state index is 0.675. The molecule has 138 valence electrons. The summed E-state index contributed by atoms with van der Waals surface area (Å²) in [6.07, 6.45) is 0.937. The first-order valence-electron chi connectivity index (χ1n) is 9.43. The molecule has 1 aliphatic heterocycles. The van der Waals surface area contributed by atoms with Gasteiger partial charge in [0.1, 0.15) is 5.82 Å². The highest BCUT2D eigenvalue weighted by molar-refractivity contribution is 5.64. The van der Waals surface area contributed by atoms with E-state index in [1.54, 1.807) is 0 Å². The van der Waals surface area contributed by atoms with Crippen molar-refractivity contribution in [2.75, 3.05) is 43.1 Å². The van der Waals surface area contributed by atoms with Gasteiger partial charge in [0.15, 0.2) is 0 Å². The second-order valence-corrected chi connectivity index (χ2v) is 6.56. The summed E-state index contributed by atoms with van der Waals surface area (Å²) in [6.45, 7) is 3.98. The fourth-order valence-corrected chi connectivity index (χ4v) is 3.19. The molecule has 5 heteroatoms. The van der Waals surface area contributed by atoms with E-state index in [1.165, 1.54) is 5.56 Å². The molecular weight excluding hydrogens is 336 g/mol. The van der Waals surface area contributed by atoms with Crippen molar-refractivity contribution in [3.05, 3.63) is 72.3 Å². The number of nitrogens with one attached hydrogen (secondary N) is 1. The van der Waals surface area contributed by atoms with Crippen LogP contribution in [0.3, 0.4) is 0 Å². The molecule has 0 unspecified atom stereocenters. The van der Waals surface area contributed by atoms with Crippen LogP contribution in [0.1, 0.15) is 5.56 Å². The number of benzene rings is 2. The van der Waals surface area contributed by atoms with Gasteiger partial charge in [-0.1, -0.05) is 60.7 Å². The molecule has 0 aliphatic carbocycles. The summed E-state index contributed by atoms with van der Waals surface area (Å²) in [4.78, 5) is 11.8. The molecule has 2 aromatic carbocycles. The summed E-state index contributed by atoms with van der Waals surface area (Å²) < 4.78 is 5.48. The standard InChI is InChI=1S/C22H24N4O/c1-3-7-18(8-4-1)11-12-23-22-24-20(19-9-5-2-6-10-19)17-21(25-22)26-13-15-27-16-14-26/h1-10,17H,11-16H2,(H,23,24,25). The van der Waals surface area contributed by atoms with Gasteiger partial charge in [0.2, 0.25) is 5.95 Å². The van der Waals surface area contributed by atoms with Crippen molar-refractivity contribution in [2.24, 2.45) is 0 Å². The maximum atomic E-state index is 5.48. The Morgan fingerprint density at radius 2 is 1.59 bits per heavy atom. The number of nitrogens with zero attached hydrogens (tertiary/aromatic N) is 3. The molecule has 1 fully saturated rings. The highest BCUT2D eigenvalue weighted by Crippen LogP contribution is 2.24. The highest BCUT2D eigenvalue weighted by Gasteiger charge is 2.15. The van der Waals surface area contributed by atoms with Gasteiger partial charge in [-0.25, -0.2) is 4.98 Å². The largest absolute Gasteiger partial charge is 0.378 e. The van der Waals surface area contributed by atoms with E-state index < -0.39 is 0 Å². The third-order valence-electron chi connectivity index (χ3n) is 4.66. The second-order valence-electron chi connectivity index (χ2n) is 6.56. The number of morpholine rings is 1. The Balaban J connectivity index is 1.55. The van der Waals surface area contributed by atoms with E-state index in [0.29, 0.717) is 5.95 Å². The summed E-state index contributed by atoms with van der Waals surface area (Å²) >= 11 is 0. The Morgan fingerprint density at radius 3 is 2.33 bits per heavy atom. The molecule has 27 heavy (non-hydrogen) atoms. The second kappa shape index (κ2) is 8.64. The number of rotatable bonds is 6. The molecule has 0 radical (unpaired) electrons.